The Hall–Kier alpha value is -2.04. The van der Waals surface area contributed by atoms with E-state index in [0.717, 1.165) is 23.2 Å². The van der Waals surface area contributed by atoms with Gasteiger partial charge in [-0.15, -0.1) is 0 Å². The van der Waals surface area contributed by atoms with Crippen LogP contribution in [0.3, 0.4) is 0 Å². The molecule has 1 heterocycles. The van der Waals surface area contributed by atoms with Crippen molar-refractivity contribution in [1.82, 2.24) is 4.98 Å². The highest BCUT2D eigenvalue weighted by atomic mass is 16.4. The Kier molecular flexibility index (Phi) is 2.47. The molecule has 0 saturated heterocycles. The SMILES string of the molecule is Cc1nc2cc(NCC3CC3C(=O)O)ccc2o1. The number of aromatic nitrogens is 1. The number of carboxylic acids is 1. The lowest BCUT2D eigenvalue weighted by Crippen LogP contribution is -2.08. The van der Waals surface area contributed by atoms with Gasteiger partial charge in [0.2, 0.25) is 0 Å². The van der Waals surface area contributed by atoms with Crippen molar-refractivity contribution in [3.63, 3.8) is 0 Å². The Bertz CT molecular complexity index is 605. The maximum Gasteiger partial charge on any atom is 0.306 e. The molecule has 1 aromatic carbocycles. The zero-order valence-electron chi connectivity index (χ0n) is 10.0. The number of fused-ring (bicyclic) bond motifs is 1. The Balaban J connectivity index is 1.66. The summed E-state index contributed by atoms with van der Waals surface area (Å²) in [5, 5.41) is 12.1. The molecular weight excluding hydrogens is 232 g/mol. The van der Waals surface area contributed by atoms with Gasteiger partial charge < -0.3 is 14.8 Å². The Morgan fingerprint density at radius 1 is 1.61 bits per heavy atom. The molecule has 0 spiro atoms. The fourth-order valence-electron chi connectivity index (χ4n) is 2.18. The minimum Gasteiger partial charge on any atom is -0.481 e. The van der Waals surface area contributed by atoms with Crippen LogP contribution >= 0.6 is 0 Å². The van der Waals surface area contributed by atoms with Crippen molar-refractivity contribution >= 4 is 22.8 Å². The third kappa shape index (κ3) is 2.03. The number of hydrogen-bond donors (Lipinski definition) is 2. The molecule has 0 amide bonds. The number of benzene rings is 1. The molecule has 0 aliphatic heterocycles. The first-order valence-electron chi connectivity index (χ1n) is 5.97. The summed E-state index contributed by atoms with van der Waals surface area (Å²) in [5.74, 6) is 0.0347. The summed E-state index contributed by atoms with van der Waals surface area (Å²) in [6, 6.07) is 5.72. The Morgan fingerprint density at radius 3 is 3.17 bits per heavy atom. The van der Waals surface area contributed by atoms with E-state index in [4.69, 9.17) is 9.52 Å². The highest BCUT2D eigenvalue weighted by Gasteiger charge is 2.42. The molecule has 1 saturated carbocycles. The van der Waals surface area contributed by atoms with Crippen LogP contribution in [0.4, 0.5) is 5.69 Å². The van der Waals surface area contributed by atoms with Crippen LogP contribution in [-0.4, -0.2) is 22.6 Å². The maximum atomic E-state index is 10.7. The van der Waals surface area contributed by atoms with Crippen molar-refractivity contribution in [1.29, 1.82) is 0 Å². The second-order valence-electron chi connectivity index (χ2n) is 4.74. The maximum absolute atomic E-state index is 10.7. The highest BCUT2D eigenvalue weighted by Crippen LogP contribution is 2.38. The van der Waals surface area contributed by atoms with Gasteiger partial charge in [0.1, 0.15) is 5.52 Å². The average Bonchev–Trinajstić information content (AvgIpc) is 3.01. The van der Waals surface area contributed by atoms with E-state index in [1.54, 1.807) is 0 Å². The molecule has 2 aromatic rings. The molecule has 94 valence electrons. The summed E-state index contributed by atoms with van der Waals surface area (Å²) in [7, 11) is 0. The van der Waals surface area contributed by atoms with E-state index < -0.39 is 5.97 Å². The monoisotopic (exact) mass is 246 g/mol. The number of aliphatic carboxylic acids is 1. The zero-order valence-corrected chi connectivity index (χ0v) is 10.0. The second-order valence-corrected chi connectivity index (χ2v) is 4.74. The number of rotatable bonds is 4. The fraction of sp³-hybridized carbons (Fsp3) is 0.385. The van der Waals surface area contributed by atoms with Gasteiger partial charge in [-0.2, -0.15) is 0 Å². The first kappa shape index (κ1) is 11.1. The number of nitrogens with one attached hydrogen (secondary N) is 1. The van der Waals surface area contributed by atoms with E-state index in [1.165, 1.54) is 0 Å². The van der Waals surface area contributed by atoms with Gasteiger partial charge in [-0.25, -0.2) is 4.98 Å². The summed E-state index contributed by atoms with van der Waals surface area (Å²) in [4.78, 5) is 15.0. The molecule has 1 aliphatic rings. The summed E-state index contributed by atoms with van der Waals surface area (Å²) in [6.07, 6.45) is 0.771. The lowest BCUT2D eigenvalue weighted by Gasteiger charge is -2.04. The van der Waals surface area contributed by atoms with Gasteiger partial charge in [0, 0.05) is 19.2 Å². The third-order valence-electron chi connectivity index (χ3n) is 3.30. The van der Waals surface area contributed by atoms with Gasteiger partial charge in [-0.1, -0.05) is 0 Å². The van der Waals surface area contributed by atoms with Crippen LogP contribution in [0.25, 0.3) is 11.1 Å². The topological polar surface area (TPSA) is 75.4 Å². The van der Waals surface area contributed by atoms with E-state index in [1.807, 2.05) is 25.1 Å². The van der Waals surface area contributed by atoms with Crippen molar-refractivity contribution in [3.8, 4) is 0 Å². The molecule has 5 nitrogen and oxygen atoms in total. The Morgan fingerprint density at radius 2 is 2.44 bits per heavy atom. The summed E-state index contributed by atoms with van der Waals surface area (Å²) < 4.78 is 5.39. The predicted octanol–water partition coefficient (Wildman–Crippen LogP) is 2.27. The average molecular weight is 246 g/mol. The molecule has 3 rings (SSSR count). The molecule has 1 aromatic heterocycles. The molecule has 18 heavy (non-hydrogen) atoms. The third-order valence-corrected chi connectivity index (χ3v) is 3.30. The van der Waals surface area contributed by atoms with E-state index >= 15 is 0 Å². The van der Waals surface area contributed by atoms with Crippen LogP contribution in [0.2, 0.25) is 0 Å². The van der Waals surface area contributed by atoms with Crippen LogP contribution in [0, 0.1) is 18.8 Å². The smallest absolute Gasteiger partial charge is 0.306 e. The molecule has 2 atom stereocenters. The number of hydrogen-bond acceptors (Lipinski definition) is 4. The fourth-order valence-corrected chi connectivity index (χ4v) is 2.18. The van der Waals surface area contributed by atoms with E-state index in [-0.39, 0.29) is 11.8 Å². The molecule has 0 radical (unpaired) electrons. The number of oxazole rings is 1. The van der Waals surface area contributed by atoms with Crippen molar-refractivity contribution in [2.24, 2.45) is 11.8 Å². The zero-order chi connectivity index (χ0) is 12.7. The number of anilines is 1. The second kappa shape index (κ2) is 4.01. The summed E-state index contributed by atoms with van der Waals surface area (Å²) >= 11 is 0. The molecule has 1 fully saturated rings. The van der Waals surface area contributed by atoms with Gasteiger partial charge in [0.25, 0.3) is 0 Å². The predicted molar refractivity (Wildman–Crippen MR) is 66.5 cm³/mol. The molecule has 1 aliphatic carbocycles. The van der Waals surface area contributed by atoms with Crippen LogP contribution in [-0.2, 0) is 4.79 Å². The van der Waals surface area contributed by atoms with E-state index in [0.29, 0.717) is 12.4 Å². The number of nitrogens with zero attached hydrogens (tertiary/aromatic N) is 1. The van der Waals surface area contributed by atoms with E-state index in [9.17, 15) is 4.79 Å². The molecule has 5 heteroatoms. The van der Waals surface area contributed by atoms with Crippen LogP contribution in [0.5, 0.6) is 0 Å². The summed E-state index contributed by atoms with van der Waals surface area (Å²) in [5.41, 5.74) is 2.54. The molecule has 2 unspecified atom stereocenters. The van der Waals surface area contributed by atoms with Crippen LogP contribution < -0.4 is 5.32 Å². The summed E-state index contributed by atoms with van der Waals surface area (Å²) in [6.45, 7) is 2.51. The largest absolute Gasteiger partial charge is 0.481 e. The molecular formula is C13H14N2O3. The van der Waals surface area contributed by atoms with Crippen LogP contribution in [0.1, 0.15) is 12.3 Å². The van der Waals surface area contributed by atoms with Crippen LogP contribution in [0.15, 0.2) is 22.6 Å². The first-order chi connectivity index (χ1) is 8.63. The molecule has 2 N–H and O–H groups in total. The van der Waals surface area contributed by atoms with Gasteiger partial charge in [0.05, 0.1) is 5.92 Å². The molecule has 0 bridgehead atoms. The number of aryl methyl sites for hydroxylation is 1. The van der Waals surface area contributed by atoms with Gasteiger partial charge in [-0.3, -0.25) is 4.79 Å². The van der Waals surface area contributed by atoms with Gasteiger partial charge in [-0.05, 0) is 30.5 Å². The van der Waals surface area contributed by atoms with Crippen molar-refractivity contribution in [3.05, 3.63) is 24.1 Å². The standard InChI is InChI=1S/C13H14N2O3/c1-7-15-11-5-9(2-3-12(11)18-7)14-6-8-4-10(8)13(16)17/h2-3,5,8,10,14H,4,6H2,1H3,(H,16,17). The number of carboxylic acid groups (broad SMARTS) is 1. The van der Waals surface area contributed by atoms with Crippen molar-refractivity contribution in [2.45, 2.75) is 13.3 Å². The van der Waals surface area contributed by atoms with Gasteiger partial charge >= 0.3 is 5.97 Å². The normalized spacial score (nSPS) is 22.1. The highest BCUT2D eigenvalue weighted by molar-refractivity contribution is 5.77. The van der Waals surface area contributed by atoms with Crippen molar-refractivity contribution < 1.29 is 14.3 Å². The minimum atomic E-state index is -0.690. The van der Waals surface area contributed by atoms with Gasteiger partial charge in [0.15, 0.2) is 11.5 Å². The lowest BCUT2D eigenvalue weighted by atomic mass is 10.2. The lowest BCUT2D eigenvalue weighted by molar-refractivity contribution is -0.138. The Labute approximate surface area is 104 Å². The van der Waals surface area contributed by atoms with E-state index in [2.05, 4.69) is 10.3 Å². The quantitative estimate of drug-likeness (QED) is 0.865. The minimum absolute atomic E-state index is 0.171. The van der Waals surface area contributed by atoms with Crippen molar-refractivity contribution in [2.75, 3.05) is 11.9 Å². The first-order valence-corrected chi connectivity index (χ1v) is 5.97. The number of carbonyl (C=O) groups is 1.